The average Bonchev–Trinajstić information content (AvgIpc) is 2.08. The van der Waals surface area contributed by atoms with Crippen LogP contribution in [-0.4, -0.2) is 18.2 Å². The Morgan fingerprint density at radius 2 is 2.23 bits per heavy atom. The van der Waals surface area contributed by atoms with Gasteiger partial charge in [-0.3, -0.25) is 0 Å². The molecule has 0 bridgehead atoms. The molecule has 0 heterocycles. The molecule has 0 saturated carbocycles. The molecule has 0 aromatic heterocycles. The second-order valence-corrected chi connectivity index (χ2v) is 3.84. The summed E-state index contributed by atoms with van der Waals surface area (Å²) >= 11 is 7.77. The summed E-state index contributed by atoms with van der Waals surface area (Å²) in [6.45, 7) is 0. The van der Waals surface area contributed by atoms with Crippen molar-refractivity contribution in [2.75, 3.05) is 7.11 Å². The van der Waals surface area contributed by atoms with E-state index in [9.17, 15) is 4.79 Å². The highest BCUT2D eigenvalue weighted by Crippen LogP contribution is 2.27. The number of halogens is 2. The van der Waals surface area contributed by atoms with E-state index in [0.29, 0.717) is 10.8 Å². The van der Waals surface area contributed by atoms with E-state index in [1.165, 1.54) is 13.2 Å². The molecule has 1 aromatic carbocycles. The van der Waals surface area contributed by atoms with Crippen LogP contribution in [0.3, 0.4) is 0 Å². The van der Waals surface area contributed by atoms with Gasteiger partial charge in [0.1, 0.15) is 11.3 Å². The number of hydrogen-bond acceptors (Lipinski definition) is 2. The molecule has 0 radical (unpaired) electrons. The highest BCUT2D eigenvalue weighted by Gasteiger charge is 2.13. The smallest absolute Gasteiger partial charge is 0.339 e. The summed E-state index contributed by atoms with van der Waals surface area (Å²) in [4.78, 5) is 10.7. The third kappa shape index (κ3) is 2.25. The number of ether oxygens (including phenoxy) is 1. The second kappa shape index (κ2) is 4.15. The Balaban J connectivity index is 3.33. The lowest BCUT2D eigenvalue weighted by atomic mass is 10.2. The van der Waals surface area contributed by atoms with Gasteiger partial charge in [0.2, 0.25) is 0 Å². The van der Waals surface area contributed by atoms with Crippen LogP contribution in [-0.2, 0) is 0 Å². The zero-order valence-corrected chi connectivity index (χ0v) is 9.59. The van der Waals surface area contributed by atoms with Crippen LogP contribution < -0.4 is 4.74 Å². The molecular formula is C8H6ClIO3. The number of carboxylic acids is 1. The van der Waals surface area contributed by atoms with E-state index in [4.69, 9.17) is 21.4 Å². The molecule has 0 aliphatic rings. The van der Waals surface area contributed by atoms with Crippen molar-refractivity contribution in [1.29, 1.82) is 0 Å². The molecule has 1 aromatic rings. The first-order valence-corrected chi connectivity index (χ1v) is 4.78. The molecule has 0 aliphatic carbocycles. The van der Waals surface area contributed by atoms with Crippen molar-refractivity contribution in [3.63, 3.8) is 0 Å². The standard InChI is InChI=1S/C8H6ClIO3/c1-13-7-3-6(10)5(9)2-4(7)8(11)12/h2-3H,1H3,(H,11,12). The van der Waals surface area contributed by atoms with Gasteiger partial charge < -0.3 is 9.84 Å². The van der Waals surface area contributed by atoms with Crippen LogP contribution in [0.15, 0.2) is 12.1 Å². The molecule has 0 saturated heterocycles. The Labute approximate surface area is 93.8 Å². The quantitative estimate of drug-likeness (QED) is 0.854. The van der Waals surface area contributed by atoms with Crippen LogP contribution in [0.2, 0.25) is 5.02 Å². The Morgan fingerprint density at radius 3 is 2.69 bits per heavy atom. The van der Waals surface area contributed by atoms with Crippen molar-refractivity contribution < 1.29 is 14.6 Å². The SMILES string of the molecule is COc1cc(I)c(Cl)cc1C(=O)O. The number of methoxy groups -OCH3 is 1. The van der Waals surface area contributed by atoms with Gasteiger partial charge in [-0.1, -0.05) is 11.6 Å². The Hall–Kier alpha value is -0.490. The van der Waals surface area contributed by atoms with Crippen molar-refractivity contribution in [1.82, 2.24) is 0 Å². The molecule has 0 unspecified atom stereocenters. The van der Waals surface area contributed by atoms with Gasteiger partial charge in [0.05, 0.1) is 12.1 Å². The van der Waals surface area contributed by atoms with Crippen LogP contribution in [0.5, 0.6) is 5.75 Å². The molecule has 0 atom stereocenters. The van der Waals surface area contributed by atoms with Crippen molar-refractivity contribution in [3.05, 3.63) is 26.3 Å². The van der Waals surface area contributed by atoms with Gasteiger partial charge in [-0.25, -0.2) is 4.79 Å². The molecule has 3 nitrogen and oxygen atoms in total. The number of carboxylic acid groups (broad SMARTS) is 1. The fourth-order valence-electron chi connectivity index (χ4n) is 0.865. The first-order chi connectivity index (χ1) is 6.06. The third-order valence-electron chi connectivity index (χ3n) is 1.47. The van der Waals surface area contributed by atoms with Crippen molar-refractivity contribution in [3.8, 4) is 5.75 Å². The third-order valence-corrected chi connectivity index (χ3v) is 3.00. The fraction of sp³-hybridized carbons (Fsp3) is 0.125. The lowest BCUT2D eigenvalue weighted by Crippen LogP contribution is -2.00. The van der Waals surface area contributed by atoms with Crippen LogP contribution in [0, 0.1) is 3.57 Å². The van der Waals surface area contributed by atoms with Gasteiger partial charge in [0, 0.05) is 3.57 Å². The Bertz CT molecular complexity index is 351. The van der Waals surface area contributed by atoms with Crippen LogP contribution in [0.25, 0.3) is 0 Å². The molecule has 5 heteroatoms. The number of carbonyl (C=O) groups is 1. The lowest BCUT2D eigenvalue weighted by Gasteiger charge is -2.06. The summed E-state index contributed by atoms with van der Waals surface area (Å²) < 4.78 is 5.66. The highest BCUT2D eigenvalue weighted by molar-refractivity contribution is 14.1. The fourth-order valence-corrected chi connectivity index (χ4v) is 1.47. The normalized spacial score (nSPS) is 9.77. The van der Waals surface area contributed by atoms with E-state index in [2.05, 4.69) is 0 Å². The summed E-state index contributed by atoms with van der Waals surface area (Å²) in [5.74, 6) is -0.726. The summed E-state index contributed by atoms with van der Waals surface area (Å²) in [6, 6.07) is 2.97. The number of aromatic carboxylic acids is 1. The molecule has 0 spiro atoms. The van der Waals surface area contributed by atoms with E-state index in [-0.39, 0.29) is 5.56 Å². The summed E-state index contributed by atoms with van der Waals surface area (Å²) in [6.07, 6.45) is 0. The number of rotatable bonds is 2. The van der Waals surface area contributed by atoms with Crippen LogP contribution >= 0.6 is 34.2 Å². The number of hydrogen-bond donors (Lipinski definition) is 1. The van der Waals surface area contributed by atoms with Crippen molar-refractivity contribution in [2.24, 2.45) is 0 Å². The van der Waals surface area contributed by atoms with Gasteiger partial charge in [-0.05, 0) is 34.7 Å². The zero-order valence-electron chi connectivity index (χ0n) is 6.67. The van der Waals surface area contributed by atoms with Crippen molar-refractivity contribution >= 4 is 40.2 Å². The number of benzene rings is 1. The minimum absolute atomic E-state index is 0.0768. The van der Waals surface area contributed by atoms with Gasteiger partial charge in [0.25, 0.3) is 0 Å². The minimum Gasteiger partial charge on any atom is -0.496 e. The van der Waals surface area contributed by atoms with Crippen LogP contribution in [0.1, 0.15) is 10.4 Å². The predicted octanol–water partition coefficient (Wildman–Crippen LogP) is 2.65. The minimum atomic E-state index is -1.05. The molecule has 0 aliphatic heterocycles. The van der Waals surface area contributed by atoms with Gasteiger partial charge in [0.15, 0.2) is 0 Å². The summed E-state index contributed by atoms with van der Waals surface area (Å²) in [5, 5.41) is 9.19. The zero-order chi connectivity index (χ0) is 10.0. The highest BCUT2D eigenvalue weighted by atomic mass is 127. The molecular weight excluding hydrogens is 306 g/mol. The van der Waals surface area contributed by atoms with Crippen LogP contribution in [0.4, 0.5) is 0 Å². The van der Waals surface area contributed by atoms with E-state index < -0.39 is 5.97 Å². The molecule has 1 N–H and O–H groups in total. The van der Waals surface area contributed by atoms with Crippen molar-refractivity contribution in [2.45, 2.75) is 0 Å². The second-order valence-electron chi connectivity index (χ2n) is 2.27. The first kappa shape index (κ1) is 10.6. The topological polar surface area (TPSA) is 46.5 Å². The molecule has 0 amide bonds. The maximum Gasteiger partial charge on any atom is 0.339 e. The molecule has 70 valence electrons. The summed E-state index contributed by atoms with van der Waals surface area (Å²) in [5.41, 5.74) is 0.0768. The van der Waals surface area contributed by atoms with E-state index in [1.54, 1.807) is 6.07 Å². The van der Waals surface area contributed by atoms with E-state index in [0.717, 1.165) is 3.57 Å². The lowest BCUT2D eigenvalue weighted by molar-refractivity contribution is 0.0693. The molecule has 1 rings (SSSR count). The van der Waals surface area contributed by atoms with E-state index in [1.807, 2.05) is 22.6 Å². The van der Waals surface area contributed by atoms with Gasteiger partial charge in [-0.15, -0.1) is 0 Å². The maximum atomic E-state index is 10.7. The summed E-state index contributed by atoms with van der Waals surface area (Å²) in [7, 11) is 1.42. The predicted molar refractivity (Wildman–Crippen MR) is 57.7 cm³/mol. The average molecular weight is 312 g/mol. The van der Waals surface area contributed by atoms with E-state index >= 15 is 0 Å². The largest absolute Gasteiger partial charge is 0.496 e. The Morgan fingerprint density at radius 1 is 1.62 bits per heavy atom. The van der Waals surface area contributed by atoms with Gasteiger partial charge in [-0.2, -0.15) is 0 Å². The first-order valence-electron chi connectivity index (χ1n) is 3.32. The maximum absolute atomic E-state index is 10.7. The van der Waals surface area contributed by atoms with Gasteiger partial charge >= 0.3 is 5.97 Å². The Kier molecular flexibility index (Phi) is 3.38. The molecule has 13 heavy (non-hydrogen) atoms. The monoisotopic (exact) mass is 312 g/mol. The molecule has 0 fully saturated rings.